The summed E-state index contributed by atoms with van der Waals surface area (Å²) in [7, 11) is 0. The Balaban J connectivity index is 1.96. The summed E-state index contributed by atoms with van der Waals surface area (Å²) in [6, 6.07) is 7.65. The number of benzene rings is 1. The van der Waals surface area contributed by atoms with Gasteiger partial charge in [-0.25, -0.2) is 0 Å². The molecule has 0 bridgehead atoms. The van der Waals surface area contributed by atoms with Crippen LogP contribution in [0.1, 0.15) is 83.4 Å². The summed E-state index contributed by atoms with van der Waals surface area (Å²) in [5.41, 5.74) is 2.61. The third kappa shape index (κ3) is 6.37. The van der Waals surface area contributed by atoms with E-state index in [0.29, 0.717) is 0 Å². The van der Waals surface area contributed by atoms with Gasteiger partial charge >= 0.3 is 5.97 Å². The van der Waals surface area contributed by atoms with Gasteiger partial charge in [-0.2, -0.15) is 0 Å². The number of halogens is 1. The van der Waals surface area contributed by atoms with Crippen molar-refractivity contribution in [3.63, 3.8) is 0 Å². The summed E-state index contributed by atoms with van der Waals surface area (Å²) in [4.78, 5) is 21.0. The van der Waals surface area contributed by atoms with Crippen molar-refractivity contribution in [3.05, 3.63) is 47.9 Å². The van der Waals surface area contributed by atoms with Gasteiger partial charge in [0.15, 0.2) is 0 Å². The highest BCUT2D eigenvalue weighted by molar-refractivity contribution is 9.09. The van der Waals surface area contributed by atoms with Gasteiger partial charge in [0.05, 0.1) is 17.6 Å². The fraction of sp³-hybridized carbons (Fsp3) is 0.560. The van der Waals surface area contributed by atoms with Crippen molar-refractivity contribution in [3.8, 4) is 11.3 Å². The summed E-state index contributed by atoms with van der Waals surface area (Å²) in [6.45, 7) is 6.00. The van der Waals surface area contributed by atoms with Gasteiger partial charge in [-0.3, -0.25) is 14.8 Å². The van der Waals surface area contributed by atoms with Crippen LogP contribution in [-0.2, 0) is 16.6 Å². The van der Waals surface area contributed by atoms with Gasteiger partial charge < -0.3 is 5.11 Å². The van der Waals surface area contributed by atoms with E-state index in [1.54, 1.807) is 6.92 Å². The van der Waals surface area contributed by atoms with Gasteiger partial charge in [-0.05, 0) is 31.7 Å². The largest absolute Gasteiger partial charge is 0.481 e. The van der Waals surface area contributed by atoms with Crippen molar-refractivity contribution in [2.75, 3.05) is 0 Å². The maximum Gasteiger partial charge on any atom is 0.314 e. The summed E-state index contributed by atoms with van der Waals surface area (Å²) < 4.78 is 0. The number of alkyl halides is 1. The zero-order chi connectivity index (χ0) is 22.0. The van der Waals surface area contributed by atoms with E-state index in [0.717, 1.165) is 41.8 Å². The van der Waals surface area contributed by atoms with Crippen molar-refractivity contribution in [1.29, 1.82) is 0 Å². The van der Waals surface area contributed by atoms with E-state index in [1.165, 1.54) is 38.5 Å². The van der Waals surface area contributed by atoms with Gasteiger partial charge in [0.1, 0.15) is 5.41 Å². The first-order valence-electron chi connectivity index (χ1n) is 11.2. The minimum atomic E-state index is -0.973. The molecule has 0 spiro atoms. The van der Waals surface area contributed by atoms with Crippen molar-refractivity contribution in [2.45, 2.75) is 88.8 Å². The van der Waals surface area contributed by atoms with E-state index >= 15 is 0 Å². The number of carbonyl (C=O) groups is 1. The van der Waals surface area contributed by atoms with E-state index < -0.39 is 11.4 Å². The lowest BCUT2D eigenvalue weighted by Gasteiger charge is -2.30. The van der Waals surface area contributed by atoms with Crippen LogP contribution in [0.2, 0.25) is 0 Å². The Labute approximate surface area is 189 Å². The molecule has 4 nitrogen and oxygen atoms in total. The van der Waals surface area contributed by atoms with Crippen LogP contribution in [0, 0.1) is 0 Å². The van der Waals surface area contributed by atoms with Crippen molar-refractivity contribution >= 4 is 21.9 Å². The third-order valence-corrected chi connectivity index (χ3v) is 7.51. The van der Waals surface area contributed by atoms with E-state index in [1.807, 2.05) is 43.6 Å². The Morgan fingerprint density at radius 1 is 1.00 bits per heavy atom. The summed E-state index contributed by atoms with van der Waals surface area (Å²) in [5.74, 6) is -0.825. The lowest BCUT2D eigenvalue weighted by molar-refractivity contribution is -0.143. The number of hydrogen-bond donors (Lipinski definition) is 1. The normalized spacial score (nSPS) is 14.3. The molecular formula is C25H35BrN2O2. The highest BCUT2D eigenvalue weighted by Crippen LogP contribution is 2.35. The molecule has 0 radical (unpaired) electrons. The molecule has 164 valence electrons. The topological polar surface area (TPSA) is 63.1 Å². The maximum absolute atomic E-state index is 11.9. The smallest absolute Gasteiger partial charge is 0.314 e. The number of carboxylic acids is 1. The Morgan fingerprint density at radius 2 is 1.63 bits per heavy atom. The lowest BCUT2D eigenvalue weighted by atomic mass is 9.78. The molecule has 0 saturated carbocycles. The predicted molar refractivity (Wildman–Crippen MR) is 127 cm³/mol. The number of aryl methyl sites for hydroxylation is 1. The van der Waals surface area contributed by atoms with Crippen LogP contribution < -0.4 is 0 Å². The molecule has 0 amide bonds. The van der Waals surface area contributed by atoms with Crippen LogP contribution in [0.15, 0.2) is 36.7 Å². The van der Waals surface area contributed by atoms with E-state index in [4.69, 9.17) is 0 Å². The third-order valence-electron chi connectivity index (χ3n) is 5.95. The van der Waals surface area contributed by atoms with Gasteiger partial charge in [0, 0.05) is 16.6 Å². The zero-order valence-electron chi connectivity index (χ0n) is 18.5. The molecule has 2 unspecified atom stereocenters. The highest BCUT2D eigenvalue weighted by Gasteiger charge is 2.41. The van der Waals surface area contributed by atoms with Crippen LogP contribution in [0.5, 0.6) is 0 Å². The SMILES string of the molecule is CCCCCCCCCc1cnc(-c2ccc(C(C)(C(=O)O)C(Br)CC)cc2)cn1. The number of aromatic nitrogens is 2. The molecule has 2 atom stereocenters. The van der Waals surface area contributed by atoms with Crippen LogP contribution in [0.3, 0.4) is 0 Å². The van der Waals surface area contributed by atoms with E-state index in [2.05, 4.69) is 32.8 Å². The molecule has 0 saturated heterocycles. The Hall–Kier alpha value is -1.75. The molecule has 1 heterocycles. The number of rotatable bonds is 13. The van der Waals surface area contributed by atoms with Crippen molar-refractivity contribution in [1.82, 2.24) is 9.97 Å². The zero-order valence-corrected chi connectivity index (χ0v) is 20.1. The monoisotopic (exact) mass is 474 g/mol. The lowest BCUT2D eigenvalue weighted by Crippen LogP contribution is -2.40. The van der Waals surface area contributed by atoms with Crippen LogP contribution in [0.4, 0.5) is 0 Å². The van der Waals surface area contributed by atoms with Crippen molar-refractivity contribution < 1.29 is 9.90 Å². The fourth-order valence-electron chi connectivity index (χ4n) is 3.73. The molecule has 1 N–H and O–H groups in total. The molecular weight excluding hydrogens is 440 g/mol. The second-order valence-electron chi connectivity index (χ2n) is 8.22. The molecule has 30 heavy (non-hydrogen) atoms. The molecule has 5 heteroatoms. The summed E-state index contributed by atoms with van der Waals surface area (Å²) in [6.07, 6.45) is 14.4. The molecule has 0 aliphatic carbocycles. The number of unbranched alkanes of at least 4 members (excludes halogenated alkanes) is 6. The Morgan fingerprint density at radius 3 is 2.17 bits per heavy atom. The highest BCUT2D eigenvalue weighted by atomic mass is 79.9. The minimum absolute atomic E-state index is 0.140. The number of hydrogen-bond acceptors (Lipinski definition) is 3. The van der Waals surface area contributed by atoms with Crippen molar-refractivity contribution in [2.24, 2.45) is 0 Å². The molecule has 2 rings (SSSR count). The number of aliphatic carboxylic acids is 1. The summed E-state index contributed by atoms with van der Waals surface area (Å²) >= 11 is 3.55. The van der Waals surface area contributed by atoms with Crippen LogP contribution in [0.25, 0.3) is 11.3 Å². The molecule has 0 fully saturated rings. The van der Waals surface area contributed by atoms with Crippen LogP contribution in [-0.4, -0.2) is 25.9 Å². The first kappa shape index (κ1) is 24.5. The molecule has 0 aliphatic rings. The second-order valence-corrected chi connectivity index (χ2v) is 9.33. The Bertz CT molecular complexity index is 777. The second kappa shape index (κ2) is 12.2. The molecule has 2 aromatic rings. The molecule has 1 aromatic carbocycles. The van der Waals surface area contributed by atoms with Gasteiger partial charge in [0.2, 0.25) is 0 Å². The van der Waals surface area contributed by atoms with Crippen LogP contribution >= 0.6 is 15.9 Å². The predicted octanol–water partition coefficient (Wildman–Crippen LogP) is 6.95. The molecule has 1 aromatic heterocycles. The summed E-state index contributed by atoms with van der Waals surface area (Å²) in [5, 5.41) is 9.79. The van der Waals surface area contributed by atoms with E-state index in [9.17, 15) is 9.90 Å². The van der Waals surface area contributed by atoms with E-state index in [-0.39, 0.29) is 4.83 Å². The average molecular weight is 475 g/mol. The van der Waals surface area contributed by atoms with Gasteiger partial charge in [-0.1, -0.05) is 92.6 Å². The first-order valence-corrected chi connectivity index (χ1v) is 12.1. The quantitative estimate of drug-likeness (QED) is 0.251. The minimum Gasteiger partial charge on any atom is -0.481 e. The average Bonchev–Trinajstić information content (AvgIpc) is 2.77. The first-order chi connectivity index (χ1) is 14.4. The standard InChI is InChI=1S/C25H35BrN2O2/c1-4-6-7-8-9-10-11-12-21-17-28-22(18-27-21)19-13-15-20(16-14-19)25(3,24(29)30)23(26)5-2/h13-18,23H,4-12H2,1-3H3,(H,29,30). The maximum atomic E-state index is 11.9. The number of nitrogens with zero attached hydrogens (tertiary/aromatic N) is 2. The molecule has 0 aliphatic heterocycles. The van der Waals surface area contributed by atoms with Gasteiger partial charge in [0.25, 0.3) is 0 Å². The number of carboxylic acid groups (broad SMARTS) is 1. The fourth-order valence-corrected chi connectivity index (χ4v) is 4.19. The Kier molecular flexibility index (Phi) is 9.96. The van der Waals surface area contributed by atoms with Gasteiger partial charge in [-0.15, -0.1) is 0 Å².